The number of phenols is 1. The Bertz CT molecular complexity index is 369. The average molecular weight is 205 g/mol. The fourth-order valence-corrected chi connectivity index (χ4v) is 1.80. The number of anilines is 1. The number of aromatic hydroxyl groups is 1. The standard InChI is InChI=1S/C13H19NO/c1-9-8-11(4-5-12(9)15)14-10(2)13(3)6-7-13/h4-5,8,10,14-15H,6-7H2,1-3H3. The summed E-state index contributed by atoms with van der Waals surface area (Å²) in [6.07, 6.45) is 2.64. The van der Waals surface area contributed by atoms with Crippen LogP contribution >= 0.6 is 0 Å². The molecule has 82 valence electrons. The quantitative estimate of drug-likeness (QED) is 0.742. The molecule has 1 aromatic carbocycles. The van der Waals surface area contributed by atoms with E-state index in [1.807, 2.05) is 19.1 Å². The number of aryl methyl sites for hydroxylation is 1. The molecule has 15 heavy (non-hydrogen) atoms. The van der Waals surface area contributed by atoms with Gasteiger partial charge in [0.1, 0.15) is 5.75 Å². The number of hydrogen-bond acceptors (Lipinski definition) is 2. The van der Waals surface area contributed by atoms with Crippen LogP contribution in [0.3, 0.4) is 0 Å². The minimum atomic E-state index is 0.367. The molecule has 2 N–H and O–H groups in total. The summed E-state index contributed by atoms with van der Waals surface area (Å²) < 4.78 is 0. The second kappa shape index (κ2) is 3.44. The second-order valence-electron chi connectivity index (χ2n) is 5.02. The van der Waals surface area contributed by atoms with Crippen molar-refractivity contribution in [1.29, 1.82) is 0 Å². The summed E-state index contributed by atoms with van der Waals surface area (Å²) in [6.45, 7) is 6.47. The molecule has 1 aromatic rings. The Morgan fingerprint density at radius 2 is 2.07 bits per heavy atom. The summed E-state index contributed by atoms with van der Waals surface area (Å²) >= 11 is 0. The first-order chi connectivity index (χ1) is 7.01. The largest absolute Gasteiger partial charge is 0.508 e. The monoisotopic (exact) mass is 205 g/mol. The van der Waals surface area contributed by atoms with Crippen molar-refractivity contribution in [3.8, 4) is 5.75 Å². The Morgan fingerprint density at radius 1 is 1.40 bits per heavy atom. The lowest BCUT2D eigenvalue weighted by Crippen LogP contribution is -2.24. The van der Waals surface area contributed by atoms with Gasteiger partial charge in [-0.25, -0.2) is 0 Å². The maximum absolute atomic E-state index is 9.42. The Labute approximate surface area is 91.3 Å². The van der Waals surface area contributed by atoms with Gasteiger partial charge in [0.25, 0.3) is 0 Å². The van der Waals surface area contributed by atoms with E-state index in [0.29, 0.717) is 17.2 Å². The Hall–Kier alpha value is -1.18. The Kier molecular flexibility index (Phi) is 2.37. The van der Waals surface area contributed by atoms with Crippen molar-refractivity contribution in [2.75, 3.05) is 5.32 Å². The lowest BCUT2D eigenvalue weighted by Gasteiger charge is -2.21. The van der Waals surface area contributed by atoms with E-state index in [1.165, 1.54) is 12.8 Å². The molecule has 1 fully saturated rings. The van der Waals surface area contributed by atoms with Crippen molar-refractivity contribution in [3.05, 3.63) is 23.8 Å². The molecule has 0 spiro atoms. The van der Waals surface area contributed by atoms with Gasteiger partial charge >= 0.3 is 0 Å². The van der Waals surface area contributed by atoms with E-state index in [0.717, 1.165) is 11.3 Å². The third-order valence-corrected chi connectivity index (χ3v) is 3.66. The van der Waals surface area contributed by atoms with Gasteiger partial charge in [0.15, 0.2) is 0 Å². The number of rotatable bonds is 3. The third-order valence-electron chi connectivity index (χ3n) is 3.66. The lowest BCUT2D eigenvalue weighted by molar-refractivity contribution is 0.470. The van der Waals surface area contributed by atoms with Gasteiger partial charge in [-0.2, -0.15) is 0 Å². The fraction of sp³-hybridized carbons (Fsp3) is 0.538. The molecule has 0 bridgehead atoms. The molecule has 0 aliphatic heterocycles. The van der Waals surface area contributed by atoms with Crippen molar-refractivity contribution < 1.29 is 5.11 Å². The van der Waals surface area contributed by atoms with E-state index in [9.17, 15) is 5.11 Å². The summed E-state index contributed by atoms with van der Waals surface area (Å²) in [4.78, 5) is 0. The molecular formula is C13H19NO. The summed E-state index contributed by atoms with van der Waals surface area (Å²) in [6, 6.07) is 6.18. The molecule has 1 unspecified atom stereocenters. The van der Waals surface area contributed by atoms with Crippen LogP contribution in [0.2, 0.25) is 0 Å². The van der Waals surface area contributed by atoms with Gasteiger partial charge in [0, 0.05) is 11.7 Å². The maximum Gasteiger partial charge on any atom is 0.118 e. The van der Waals surface area contributed by atoms with Gasteiger partial charge < -0.3 is 10.4 Å². The van der Waals surface area contributed by atoms with Gasteiger partial charge in [0.2, 0.25) is 0 Å². The predicted octanol–water partition coefficient (Wildman–Crippen LogP) is 3.30. The molecule has 1 atom stereocenters. The van der Waals surface area contributed by atoms with Crippen LogP contribution in [0.1, 0.15) is 32.3 Å². The minimum absolute atomic E-state index is 0.367. The van der Waals surface area contributed by atoms with Crippen LogP contribution in [0.4, 0.5) is 5.69 Å². The van der Waals surface area contributed by atoms with Crippen LogP contribution in [0, 0.1) is 12.3 Å². The van der Waals surface area contributed by atoms with Crippen LogP contribution in [0.25, 0.3) is 0 Å². The zero-order chi connectivity index (χ0) is 11.1. The van der Waals surface area contributed by atoms with E-state index in [1.54, 1.807) is 6.07 Å². The average Bonchev–Trinajstić information content (AvgIpc) is 2.92. The second-order valence-corrected chi connectivity index (χ2v) is 5.02. The van der Waals surface area contributed by atoms with Gasteiger partial charge in [-0.3, -0.25) is 0 Å². The predicted molar refractivity (Wildman–Crippen MR) is 63.3 cm³/mol. The molecule has 2 heteroatoms. The Morgan fingerprint density at radius 3 is 2.60 bits per heavy atom. The van der Waals surface area contributed by atoms with Crippen molar-refractivity contribution in [2.24, 2.45) is 5.41 Å². The lowest BCUT2D eigenvalue weighted by atomic mass is 10.0. The number of nitrogens with one attached hydrogen (secondary N) is 1. The zero-order valence-corrected chi connectivity index (χ0v) is 9.67. The maximum atomic E-state index is 9.42. The summed E-state index contributed by atoms with van der Waals surface area (Å²) in [7, 11) is 0. The first kappa shape index (κ1) is 10.3. The van der Waals surface area contributed by atoms with E-state index < -0.39 is 0 Å². The highest BCUT2D eigenvalue weighted by Crippen LogP contribution is 2.48. The van der Waals surface area contributed by atoms with E-state index in [-0.39, 0.29) is 0 Å². The van der Waals surface area contributed by atoms with Gasteiger partial charge in [-0.05, 0) is 55.9 Å². The molecule has 2 rings (SSSR count). The number of hydrogen-bond donors (Lipinski definition) is 2. The topological polar surface area (TPSA) is 32.3 Å². The first-order valence-corrected chi connectivity index (χ1v) is 5.57. The van der Waals surface area contributed by atoms with Gasteiger partial charge in [0.05, 0.1) is 0 Å². The fourth-order valence-electron chi connectivity index (χ4n) is 1.80. The highest BCUT2D eigenvalue weighted by Gasteiger charge is 2.42. The van der Waals surface area contributed by atoms with Gasteiger partial charge in [-0.1, -0.05) is 6.92 Å². The van der Waals surface area contributed by atoms with Crippen molar-refractivity contribution in [1.82, 2.24) is 0 Å². The van der Waals surface area contributed by atoms with Gasteiger partial charge in [-0.15, -0.1) is 0 Å². The van der Waals surface area contributed by atoms with E-state index >= 15 is 0 Å². The third kappa shape index (κ3) is 2.09. The van der Waals surface area contributed by atoms with Crippen molar-refractivity contribution in [3.63, 3.8) is 0 Å². The first-order valence-electron chi connectivity index (χ1n) is 5.57. The molecule has 0 amide bonds. The van der Waals surface area contributed by atoms with Crippen molar-refractivity contribution >= 4 is 5.69 Å². The van der Waals surface area contributed by atoms with Crippen LogP contribution in [0.5, 0.6) is 5.75 Å². The smallest absolute Gasteiger partial charge is 0.118 e. The highest BCUT2D eigenvalue weighted by atomic mass is 16.3. The summed E-state index contributed by atoms with van der Waals surface area (Å²) in [5, 5.41) is 12.9. The highest BCUT2D eigenvalue weighted by molar-refractivity contribution is 5.51. The molecule has 1 aliphatic carbocycles. The van der Waals surface area contributed by atoms with E-state index in [4.69, 9.17) is 0 Å². The van der Waals surface area contributed by atoms with Crippen LogP contribution < -0.4 is 5.32 Å². The molecule has 0 aromatic heterocycles. The van der Waals surface area contributed by atoms with E-state index in [2.05, 4.69) is 19.2 Å². The van der Waals surface area contributed by atoms with Crippen LogP contribution in [-0.4, -0.2) is 11.1 Å². The minimum Gasteiger partial charge on any atom is -0.508 e. The van der Waals surface area contributed by atoms with Crippen LogP contribution in [-0.2, 0) is 0 Å². The molecule has 0 heterocycles. The molecule has 1 saturated carbocycles. The molecular weight excluding hydrogens is 186 g/mol. The normalized spacial score (nSPS) is 19.7. The summed E-state index contributed by atoms with van der Waals surface area (Å²) in [5.74, 6) is 0.367. The molecule has 0 saturated heterocycles. The number of benzene rings is 1. The molecule has 2 nitrogen and oxygen atoms in total. The van der Waals surface area contributed by atoms with Crippen molar-refractivity contribution in [2.45, 2.75) is 39.7 Å². The number of phenolic OH excluding ortho intramolecular Hbond substituents is 1. The molecule has 0 radical (unpaired) electrons. The summed E-state index contributed by atoms with van der Waals surface area (Å²) in [5.41, 5.74) is 2.50. The Balaban J connectivity index is 2.07. The van der Waals surface area contributed by atoms with Crippen LogP contribution in [0.15, 0.2) is 18.2 Å². The SMILES string of the molecule is Cc1cc(NC(C)C2(C)CC2)ccc1O. The molecule has 1 aliphatic rings. The zero-order valence-electron chi connectivity index (χ0n) is 9.67.